The molecule has 1 aromatic rings. The predicted octanol–water partition coefficient (Wildman–Crippen LogP) is 8.39. The fourth-order valence-corrected chi connectivity index (χ4v) is 25.1. The van der Waals surface area contributed by atoms with E-state index in [4.69, 9.17) is 9.47 Å². The van der Waals surface area contributed by atoms with Crippen LogP contribution in [0.15, 0.2) is 30.3 Å². The van der Waals surface area contributed by atoms with E-state index in [1.165, 1.54) is 63.8 Å². The van der Waals surface area contributed by atoms with Gasteiger partial charge in [-0.15, -0.1) is 0 Å². The van der Waals surface area contributed by atoms with Gasteiger partial charge < -0.3 is 0 Å². The molecule has 2 fully saturated rings. The van der Waals surface area contributed by atoms with Crippen molar-refractivity contribution in [3.8, 4) is 0 Å². The first-order chi connectivity index (χ1) is 18.1. The van der Waals surface area contributed by atoms with E-state index in [-0.39, 0.29) is 15.8 Å². The van der Waals surface area contributed by atoms with Crippen LogP contribution < -0.4 is 0 Å². The van der Waals surface area contributed by atoms with Crippen molar-refractivity contribution in [3.05, 3.63) is 35.9 Å². The second-order valence-corrected chi connectivity index (χ2v) is 26.7. The molecule has 2 saturated heterocycles. The van der Waals surface area contributed by atoms with Gasteiger partial charge in [0, 0.05) is 0 Å². The van der Waals surface area contributed by atoms with E-state index in [0.717, 1.165) is 19.5 Å². The summed E-state index contributed by atoms with van der Waals surface area (Å²) < 4.78 is 17.2. The molecule has 216 valence electrons. The summed E-state index contributed by atoms with van der Waals surface area (Å²) in [5, 5.41) is 0. The Bertz CT molecular complexity index is 822. The fraction of sp³-hybridized carbons (Fsp3) is 0.781. The first kappa shape index (κ1) is 31.7. The molecular weight excluding hydrogens is 579 g/mol. The molecule has 0 aromatic heterocycles. The van der Waals surface area contributed by atoms with Gasteiger partial charge in [0.2, 0.25) is 0 Å². The molecule has 5 nitrogen and oxygen atoms in total. The van der Waals surface area contributed by atoms with Gasteiger partial charge in [-0.05, 0) is 0 Å². The van der Waals surface area contributed by atoms with Gasteiger partial charge >= 0.3 is 239 Å². The van der Waals surface area contributed by atoms with Gasteiger partial charge in [-0.2, -0.15) is 0 Å². The second-order valence-electron chi connectivity index (χ2n) is 13.0. The summed E-state index contributed by atoms with van der Waals surface area (Å²) in [5.74, 6) is 0. The Balaban J connectivity index is 2.02. The summed E-state index contributed by atoms with van der Waals surface area (Å²) in [6.07, 6.45) is 9.64. The Labute approximate surface area is 237 Å². The summed E-state index contributed by atoms with van der Waals surface area (Å²) in [6, 6.07) is 11.2. The zero-order valence-corrected chi connectivity index (χ0v) is 28.4. The quantitative estimate of drug-likeness (QED) is 0.193. The Morgan fingerprint density at radius 1 is 1.00 bits per heavy atom. The third-order valence-electron chi connectivity index (χ3n) is 9.01. The average Bonchev–Trinajstić information content (AvgIpc) is 3.43. The van der Waals surface area contributed by atoms with Gasteiger partial charge in [-0.3, -0.25) is 0 Å². The van der Waals surface area contributed by atoms with E-state index in [2.05, 4.69) is 69.9 Å². The number of amides is 1. The van der Waals surface area contributed by atoms with Crippen LogP contribution in [-0.4, -0.2) is 68.8 Å². The molecule has 0 radical (unpaired) electrons. The van der Waals surface area contributed by atoms with Crippen molar-refractivity contribution in [1.82, 2.24) is 9.80 Å². The van der Waals surface area contributed by atoms with Gasteiger partial charge in [0.25, 0.3) is 0 Å². The van der Waals surface area contributed by atoms with Crippen molar-refractivity contribution >= 4 is 24.5 Å². The molecule has 2 aliphatic heterocycles. The van der Waals surface area contributed by atoms with E-state index in [1.807, 2.05) is 18.7 Å². The van der Waals surface area contributed by atoms with Crippen LogP contribution in [0.2, 0.25) is 13.3 Å². The molecule has 6 heteroatoms. The molecule has 2 heterocycles. The van der Waals surface area contributed by atoms with Crippen molar-refractivity contribution in [2.24, 2.45) is 0 Å². The van der Waals surface area contributed by atoms with Crippen LogP contribution >= 0.6 is 0 Å². The Morgan fingerprint density at radius 2 is 1.58 bits per heavy atom. The van der Waals surface area contributed by atoms with E-state index < -0.39 is 24.1 Å². The van der Waals surface area contributed by atoms with Crippen molar-refractivity contribution in [1.29, 1.82) is 0 Å². The van der Waals surface area contributed by atoms with Crippen LogP contribution in [0.4, 0.5) is 4.79 Å². The van der Waals surface area contributed by atoms with Crippen molar-refractivity contribution in [3.63, 3.8) is 0 Å². The zero-order valence-electron chi connectivity index (χ0n) is 25.6. The van der Waals surface area contributed by atoms with Crippen LogP contribution in [0.1, 0.15) is 105 Å². The van der Waals surface area contributed by atoms with Crippen LogP contribution in [0, 0.1) is 0 Å². The summed E-state index contributed by atoms with van der Waals surface area (Å²) in [6.45, 7) is 17.8. The molecule has 0 N–H and O–H groups in total. The Kier molecular flexibility index (Phi) is 11.9. The molecule has 0 saturated carbocycles. The van der Waals surface area contributed by atoms with Crippen LogP contribution in [-0.2, 0) is 16.0 Å². The molecule has 0 aliphatic carbocycles. The minimum atomic E-state index is -2.98. The van der Waals surface area contributed by atoms with Gasteiger partial charge in [0.15, 0.2) is 0 Å². The van der Waals surface area contributed by atoms with Crippen LogP contribution in [0.3, 0.4) is 0 Å². The predicted molar refractivity (Wildman–Crippen MR) is 161 cm³/mol. The molecule has 1 amide bonds. The molecule has 0 unspecified atom stereocenters. The maximum absolute atomic E-state index is 14.2. The number of hydrogen-bond acceptors (Lipinski definition) is 4. The number of carbonyl (C=O) groups is 1. The van der Waals surface area contributed by atoms with Crippen molar-refractivity contribution in [2.45, 2.75) is 141 Å². The van der Waals surface area contributed by atoms with Gasteiger partial charge in [0.1, 0.15) is 0 Å². The summed E-state index contributed by atoms with van der Waals surface area (Å²) >= 11 is -2.98. The van der Waals surface area contributed by atoms with E-state index in [1.54, 1.807) is 0 Å². The Morgan fingerprint density at radius 3 is 2.08 bits per heavy atom. The molecule has 2 atom stereocenters. The van der Waals surface area contributed by atoms with Crippen molar-refractivity contribution < 1.29 is 14.3 Å². The number of rotatable bonds is 14. The van der Waals surface area contributed by atoms with E-state index in [0.29, 0.717) is 12.6 Å². The van der Waals surface area contributed by atoms with Gasteiger partial charge in [-0.1, -0.05) is 0 Å². The topological polar surface area (TPSA) is 42.0 Å². The third kappa shape index (κ3) is 7.69. The number of benzene rings is 1. The SMILES string of the molecule is CCC[CH2][Sn]([CH2]CCC)([CH2]CCC)[C@@H](OC(=O)N1C(C)(C)COC1(C)C)[C@@H]1CCCN1Cc1ccccc1. The summed E-state index contributed by atoms with van der Waals surface area (Å²) in [4.78, 5) is 18.8. The fourth-order valence-electron chi connectivity index (χ4n) is 7.05. The van der Waals surface area contributed by atoms with Gasteiger partial charge in [-0.25, -0.2) is 0 Å². The van der Waals surface area contributed by atoms with E-state index in [9.17, 15) is 4.79 Å². The number of unbranched alkanes of at least 4 members (excludes halogenated alkanes) is 3. The normalized spacial score (nSPS) is 22.1. The monoisotopic (exact) mass is 636 g/mol. The van der Waals surface area contributed by atoms with Gasteiger partial charge in [0.05, 0.1) is 0 Å². The standard InChI is InChI=1S/C20H29N2O3.3C4H9.Sn/c1-19(2)15-25-20(3,4)22(19)18(23)24-14-17-11-8-12-21(17)13-16-9-6-5-7-10-16;3*1-3-4-2;/h5-7,9-10,14,17H,8,11-13,15H2,1-4H3;3*1,3-4H2,2H3;/t17-;;;;/m0..../s1. The number of nitrogens with zero attached hydrogens (tertiary/aromatic N) is 2. The third-order valence-corrected chi connectivity index (χ3v) is 25.4. The Hall–Kier alpha value is -0.791. The first-order valence-corrected chi connectivity index (χ1v) is 23.2. The summed E-state index contributed by atoms with van der Waals surface area (Å²) in [5.41, 5.74) is 0.328. The molecule has 0 bridgehead atoms. The maximum atomic E-state index is 14.2. The molecule has 1 aromatic carbocycles. The number of ether oxygens (including phenoxy) is 2. The molecular formula is C32H56N2O3Sn. The van der Waals surface area contributed by atoms with Crippen LogP contribution in [0.25, 0.3) is 0 Å². The second kappa shape index (κ2) is 14.2. The van der Waals surface area contributed by atoms with Crippen LogP contribution in [0.5, 0.6) is 0 Å². The van der Waals surface area contributed by atoms with Crippen molar-refractivity contribution in [2.75, 3.05) is 13.2 Å². The minimum absolute atomic E-state index is 0.0832. The molecule has 2 aliphatic rings. The zero-order chi connectivity index (χ0) is 27.8. The number of hydrogen-bond donors (Lipinski definition) is 0. The number of carbonyl (C=O) groups excluding carboxylic acids is 1. The number of likely N-dealkylation sites (tertiary alicyclic amines) is 1. The molecule has 0 spiro atoms. The first-order valence-electron chi connectivity index (χ1n) is 15.5. The molecule has 3 rings (SSSR count). The molecule has 38 heavy (non-hydrogen) atoms. The summed E-state index contributed by atoms with van der Waals surface area (Å²) in [7, 11) is 0. The van der Waals surface area contributed by atoms with E-state index >= 15 is 0 Å². The average molecular weight is 636 g/mol.